The Morgan fingerprint density at radius 2 is 2.07 bits per heavy atom. The maximum absolute atomic E-state index is 4.71. The Labute approximate surface area is 90.9 Å². The molecule has 1 aromatic heterocycles. The van der Waals surface area contributed by atoms with E-state index in [1.54, 1.807) is 0 Å². The Balaban J connectivity index is 2.59. The Morgan fingerprint density at radius 1 is 1.33 bits per heavy atom. The molecule has 0 unspecified atom stereocenters. The van der Waals surface area contributed by atoms with Gasteiger partial charge in [0.1, 0.15) is 5.82 Å². The van der Waals surface area contributed by atoms with Crippen LogP contribution in [0, 0.1) is 12.8 Å². The third-order valence-electron chi connectivity index (χ3n) is 2.80. The lowest BCUT2D eigenvalue weighted by atomic mass is 10.1. The summed E-state index contributed by atoms with van der Waals surface area (Å²) in [7, 11) is 2.10. The van der Waals surface area contributed by atoms with Crippen LogP contribution in [-0.4, -0.2) is 9.55 Å². The van der Waals surface area contributed by atoms with Crippen molar-refractivity contribution in [3.8, 4) is 0 Å². The highest BCUT2D eigenvalue weighted by Crippen LogP contribution is 2.19. The van der Waals surface area contributed by atoms with E-state index in [2.05, 4.69) is 50.6 Å². The van der Waals surface area contributed by atoms with E-state index in [1.165, 1.54) is 16.9 Å². The molecule has 80 valence electrons. The Hall–Kier alpha value is -1.31. The normalized spacial score (nSPS) is 11.5. The van der Waals surface area contributed by atoms with Gasteiger partial charge in [0, 0.05) is 13.5 Å². The van der Waals surface area contributed by atoms with Crippen LogP contribution >= 0.6 is 0 Å². The van der Waals surface area contributed by atoms with Crippen molar-refractivity contribution < 1.29 is 0 Å². The van der Waals surface area contributed by atoms with Gasteiger partial charge < -0.3 is 4.57 Å². The van der Waals surface area contributed by atoms with E-state index in [9.17, 15) is 0 Å². The fourth-order valence-electron chi connectivity index (χ4n) is 1.95. The molecule has 2 aromatic rings. The third-order valence-corrected chi connectivity index (χ3v) is 2.80. The second-order valence-electron chi connectivity index (χ2n) is 4.63. The second-order valence-corrected chi connectivity index (χ2v) is 4.63. The van der Waals surface area contributed by atoms with Gasteiger partial charge >= 0.3 is 0 Å². The van der Waals surface area contributed by atoms with Gasteiger partial charge in [0.2, 0.25) is 0 Å². The summed E-state index contributed by atoms with van der Waals surface area (Å²) >= 11 is 0. The lowest BCUT2D eigenvalue weighted by Gasteiger charge is -2.04. The van der Waals surface area contributed by atoms with Crippen LogP contribution in [0.1, 0.15) is 25.2 Å². The largest absolute Gasteiger partial charge is 0.331 e. The first-order chi connectivity index (χ1) is 7.09. The first-order valence-corrected chi connectivity index (χ1v) is 5.50. The number of aromatic nitrogens is 2. The lowest BCUT2D eigenvalue weighted by Crippen LogP contribution is -2.02. The van der Waals surface area contributed by atoms with E-state index in [0.717, 1.165) is 11.9 Å². The predicted octanol–water partition coefficient (Wildman–Crippen LogP) is 3.08. The minimum absolute atomic E-state index is 0.654. The monoisotopic (exact) mass is 202 g/mol. The summed E-state index contributed by atoms with van der Waals surface area (Å²) in [6.45, 7) is 6.58. The molecular formula is C13H18N2. The minimum atomic E-state index is 0.654. The molecule has 0 aliphatic carbocycles. The van der Waals surface area contributed by atoms with Crippen molar-refractivity contribution in [2.75, 3.05) is 0 Å². The molecule has 0 atom stereocenters. The molecule has 1 aromatic carbocycles. The van der Waals surface area contributed by atoms with Crippen LogP contribution in [0.4, 0.5) is 0 Å². The molecule has 0 saturated heterocycles. The molecule has 2 nitrogen and oxygen atoms in total. The van der Waals surface area contributed by atoms with Crippen LogP contribution in [0.5, 0.6) is 0 Å². The molecule has 0 bridgehead atoms. The summed E-state index contributed by atoms with van der Waals surface area (Å²) in [6.07, 6.45) is 1.05. The molecule has 0 amide bonds. The van der Waals surface area contributed by atoms with Gasteiger partial charge in [-0.2, -0.15) is 0 Å². The van der Waals surface area contributed by atoms with Gasteiger partial charge in [-0.25, -0.2) is 4.98 Å². The van der Waals surface area contributed by atoms with Crippen molar-refractivity contribution in [1.82, 2.24) is 9.55 Å². The number of imidazole rings is 1. The zero-order valence-electron chi connectivity index (χ0n) is 9.91. The number of hydrogen-bond donors (Lipinski definition) is 0. The molecule has 0 aliphatic rings. The van der Waals surface area contributed by atoms with Gasteiger partial charge in [0.25, 0.3) is 0 Å². The fraction of sp³-hybridized carbons (Fsp3) is 0.462. The standard InChI is InChI=1S/C13H18N2/c1-9(2)8-12-14-13-10(3)6-5-7-11(13)15(12)4/h5-7,9H,8H2,1-4H3. The lowest BCUT2D eigenvalue weighted by molar-refractivity contribution is 0.606. The van der Waals surface area contributed by atoms with Gasteiger partial charge in [-0.1, -0.05) is 26.0 Å². The predicted molar refractivity (Wildman–Crippen MR) is 64.0 cm³/mol. The number of hydrogen-bond acceptors (Lipinski definition) is 1. The minimum Gasteiger partial charge on any atom is -0.331 e. The summed E-state index contributed by atoms with van der Waals surface area (Å²) in [4.78, 5) is 4.71. The van der Waals surface area contributed by atoms with E-state index in [-0.39, 0.29) is 0 Å². The van der Waals surface area contributed by atoms with Crippen LogP contribution in [0.3, 0.4) is 0 Å². The van der Waals surface area contributed by atoms with Crippen molar-refractivity contribution in [2.45, 2.75) is 27.2 Å². The quantitative estimate of drug-likeness (QED) is 0.731. The molecule has 2 heteroatoms. The molecule has 2 rings (SSSR count). The smallest absolute Gasteiger partial charge is 0.109 e. The van der Waals surface area contributed by atoms with E-state index >= 15 is 0 Å². The molecule has 0 fully saturated rings. The van der Waals surface area contributed by atoms with Crippen molar-refractivity contribution in [1.29, 1.82) is 0 Å². The van der Waals surface area contributed by atoms with Crippen molar-refractivity contribution in [3.05, 3.63) is 29.6 Å². The van der Waals surface area contributed by atoms with E-state index < -0.39 is 0 Å². The zero-order valence-corrected chi connectivity index (χ0v) is 9.91. The number of fused-ring (bicyclic) bond motifs is 1. The van der Waals surface area contributed by atoms with Crippen LogP contribution in [0.25, 0.3) is 11.0 Å². The van der Waals surface area contributed by atoms with Crippen molar-refractivity contribution in [3.63, 3.8) is 0 Å². The van der Waals surface area contributed by atoms with E-state index in [0.29, 0.717) is 5.92 Å². The number of rotatable bonds is 2. The van der Waals surface area contributed by atoms with Gasteiger partial charge in [-0.05, 0) is 24.5 Å². The summed E-state index contributed by atoms with van der Waals surface area (Å²) in [6, 6.07) is 6.35. The van der Waals surface area contributed by atoms with Crippen molar-refractivity contribution >= 4 is 11.0 Å². The Bertz CT molecular complexity index is 480. The average Bonchev–Trinajstić information content (AvgIpc) is 2.46. The molecule has 0 saturated carbocycles. The second kappa shape index (κ2) is 3.69. The van der Waals surface area contributed by atoms with Gasteiger partial charge in [-0.3, -0.25) is 0 Å². The third kappa shape index (κ3) is 1.76. The summed E-state index contributed by atoms with van der Waals surface area (Å²) in [5.74, 6) is 1.84. The fourth-order valence-corrected chi connectivity index (χ4v) is 1.95. The maximum Gasteiger partial charge on any atom is 0.109 e. The molecule has 0 spiro atoms. The average molecular weight is 202 g/mol. The Morgan fingerprint density at radius 3 is 2.67 bits per heavy atom. The van der Waals surface area contributed by atoms with Crippen LogP contribution in [0.15, 0.2) is 18.2 Å². The summed E-state index contributed by atoms with van der Waals surface area (Å²) in [5, 5.41) is 0. The molecule has 0 N–H and O–H groups in total. The SMILES string of the molecule is Cc1cccc2c1nc(CC(C)C)n2C. The number of nitrogens with zero attached hydrogens (tertiary/aromatic N) is 2. The van der Waals surface area contributed by atoms with Gasteiger partial charge in [0.05, 0.1) is 11.0 Å². The first-order valence-electron chi connectivity index (χ1n) is 5.50. The summed E-state index contributed by atoms with van der Waals surface area (Å²) < 4.78 is 2.21. The highest BCUT2D eigenvalue weighted by molar-refractivity contribution is 5.79. The summed E-state index contributed by atoms with van der Waals surface area (Å²) in [5.41, 5.74) is 3.65. The van der Waals surface area contributed by atoms with Crippen LogP contribution in [0.2, 0.25) is 0 Å². The topological polar surface area (TPSA) is 17.8 Å². The van der Waals surface area contributed by atoms with Crippen molar-refractivity contribution in [2.24, 2.45) is 13.0 Å². The molecule has 0 aliphatic heterocycles. The van der Waals surface area contributed by atoms with E-state index in [1.807, 2.05) is 0 Å². The van der Waals surface area contributed by atoms with Crippen LogP contribution in [-0.2, 0) is 13.5 Å². The molecule has 15 heavy (non-hydrogen) atoms. The number of aryl methyl sites for hydroxylation is 2. The van der Waals surface area contributed by atoms with E-state index in [4.69, 9.17) is 4.98 Å². The molecule has 1 heterocycles. The molecule has 0 radical (unpaired) electrons. The zero-order chi connectivity index (χ0) is 11.0. The Kier molecular flexibility index (Phi) is 2.51. The molecular weight excluding hydrogens is 184 g/mol. The highest BCUT2D eigenvalue weighted by Gasteiger charge is 2.09. The highest BCUT2D eigenvalue weighted by atomic mass is 15.1. The number of benzene rings is 1. The first kappa shape index (κ1) is 10.2. The van der Waals surface area contributed by atoms with Gasteiger partial charge in [0.15, 0.2) is 0 Å². The van der Waals surface area contributed by atoms with Gasteiger partial charge in [-0.15, -0.1) is 0 Å². The van der Waals surface area contributed by atoms with Crippen LogP contribution < -0.4 is 0 Å². The number of para-hydroxylation sites is 1. The maximum atomic E-state index is 4.71.